The smallest absolute Gasteiger partial charge is 0.233 e. The quantitative estimate of drug-likeness (QED) is 0.455. The molecule has 2 aromatic rings. The van der Waals surface area contributed by atoms with E-state index < -0.39 is 11.6 Å². The average molecular weight is 322 g/mol. The van der Waals surface area contributed by atoms with E-state index in [2.05, 4.69) is 13.8 Å². The Morgan fingerprint density at radius 2 is 0.958 bits per heavy atom. The number of hydrogen-bond donors (Lipinski definition) is 0. The number of carbonyl (C=O) groups is 2. The first-order valence-corrected chi connectivity index (χ1v) is 8.92. The van der Waals surface area contributed by atoms with Gasteiger partial charge in [0, 0.05) is 11.1 Å². The molecule has 0 spiro atoms. The van der Waals surface area contributed by atoms with E-state index in [4.69, 9.17) is 0 Å². The van der Waals surface area contributed by atoms with Gasteiger partial charge in [-0.3, -0.25) is 9.59 Å². The van der Waals surface area contributed by atoms with Gasteiger partial charge in [0.2, 0.25) is 11.6 Å². The van der Waals surface area contributed by atoms with Crippen LogP contribution in [0, 0.1) is 0 Å². The Morgan fingerprint density at radius 1 is 0.625 bits per heavy atom. The Bertz CT molecular complexity index is 605. The van der Waals surface area contributed by atoms with Crippen molar-refractivity contribution in [3.8, 4) is 0 Å². The molecule has 0 saturated heterocycles. The van der Waals surface area contributed by atoms with Gasteiger partial charge in [-0.2, -0.15) is 0 Å². The minimum absolute atomic E-state index is 0.432. The minimum Gasteiger partial charge on any atom is -0.285 e. The van der Waals surface area contributed by atoms with Gasteiger partial charge < -0.3 is 0 Å². The van der Waals surface area contributed by atoms with E-state index in [1.165, 1.54) is 11.1 Å². The molecule has 2 heteroatoms. The monoisotopic (exact) mass is 322 g/mol. The van der Waals surface area contributed by atoms with Crippen LogP contribution in [0.2, 0.25) is 0 Å². The van der Waals surface area contributed by atoms with Crippen molar-refractivity contribution in [3.05, 3.63) is 70.8 Å². The molecule has 0 atom stereocenters. The number of aryl methyl sites for hydroxylation is 2. The van der Waals surface area contributed by atoms with Gasteiger partial charge in [0.25, 0.3) is 0 Å². The normalized spacial score (nSPS) is 10.6. The third-order valence-electron chi connectivity index (χ3n) is 4.28. The summed E-state index contributed by atoms with van der Waals surface area (Å²) in [7, 11) is 0. The largest absolute Gasteiger partial charge is 0.285 e. The predicted molar refractivity (Wildman–Crippen MR) is 98.8 cm³/mol. The fourth-order valence-electron chi connectivity index (χ4n) is 2.67. The zero-order valence-corrected chi connectivity index (χ0v) is 14.7. The summed E-state index contributed by atoms with van der Waals surface area (Å²) in [6.07, 6.45) is 6.59. The highest BCUT2D eigenvalue weighted by Crippen LogP contribution is 2.13. The minimum atomic E-state index is -0.432. The van der Waals surface area contributed by atoms with Crippen LogP contribution in [0.3, 0.4) is 0 Å². The molecule has 0 amide bonds. The molecule has 0 aliphatic heterocycles. The summed E-state index contributed by atoms with van der Waals surface area (Å²) in [5.74, 6) is -0.864. The van der Waals surface area contributed by atoms with Gasteiger partial charge in [-0.05, 0) is 36.8 Å². The van der Waals surface area contributed by atoms with Crippen molar-refractivity contribution in [2.75, 3.05) is 0 Å². The highest BCUT2D eigenvalue weighted by molar-refractivity contribution is 6.49. The van der Waals surface area contributed by atoms with Crippen LogP contribution in [-0.4, -0.2) is 11.6 Å². The standard InChI is InChI=1S/C22H26O2/c1-3-5-7-17-9-13-19(14-10-17)21(23)22(24)20-15-11-18(12-16-20)8-6-4-2/h9-16H,3-8H2,1-2H3. The number of benzene rings is 2. The lowest BCUT2D eigenvalue weighted by Gasteiger charge is -2.05. The Hall–Kier alpha value is -2.22. The van der Waals surface area contributed by atoms with Gasteiger partial charge in [-0.1, -0.05) is 75.2 Å². The van der Waals surface area contributed by atoms with Gasteiger partial charge in [0.15, 0.2) is 0 Å². The molecule has 0 heterocycles. The predicted octanol–water partition coefficient (Wildman–Crippen LogP) is 5.44. The molecule has 0 bridgehead atoms. The molecular weight excluding hydrogens is 296 g/mol. The molecule has 0 radical (unpaired) electrons. The Labute approximate surface area is 144 Å². The van der Waals surface area contributed by atoms with E-state index in [1.54, 1.807) is 24.3 Å². The number of hydrogen-bond acceptors (Lipinski definition) is 2. The molecule has 2 nitrogen and oxygen atoms in total. The Morgan fingerprint density at radius 3 is 1.25 bits per heavy atom. The zero-order chi connectivity index (χ0) is 17.4. The van der Waals surface area contributed by atoms with Gasteiger partial charge in [0.1, 0.15) is 0 Å². The summed E-state index contributed by atoms with van der Waals surface area (Å²) in [4.78, 5) is 24.8. The van der Waals surface area contributed by atoms with Crippen molar-refractivity contribution in [2.24, 2.45) is 0 Å². The topological polar surface area (TPSA) is 34.1 Å². The van der Waals surface area contributed by atoms with Crippen molar-refractivity contribution in [3.63, 3.8) is 0 Å². The summed E-state index contributed by atoms with van der Waals surface area (Å²) in [6.45, 7) is 4.31. The molecule has 2 aromatic carbocycles. The second kappa shape index (κ2) is 9.17. The molecule has 0 saturated carbocycles. The van der Waals surface area contributed by atoms with Gasteiger partial charge in [-0.15, -0.1) is 0 Å². The molecule has 24 heavy (non-hydrogen) atoms. The van der Waals surface area contributed by atoms with Crippen molar-refractivity contribution < 1.29 is 9.59 Å². The molecule has 0 aliphatic rings. The Balaban J connectivity index is 2.04. The molecule has 0 fully saturated rings. The van der Waals surface area contributed by atoms with E-state index >= 15 is 0 Å². The van der Waals surface area contributed by atoms with Crippen LogP contribution in [0.5, 0.6) is 0 Å². The highest BCUT2D eigenvalue weighted by Gasteiger charge is 2.18. The zero-order valence-electron chi connectivity index (χ0n) is 14.7. The SMILES string of the molecule is CCCCc1ccc(C(=O)C(=O)c2ccc(CCCC)cc2)cc1. The average Bonchev–Trinajstić information content (AvgIpc) is 2.64. The first-order chi connectivity index (χ1) is 11.7. The Kier molecular flexibility index (Phi) is 6.92. The van der Waals surface area contributed by atoms with Crippen LogP contribution in [0.4, 0.5) is 0 Å². The first-order valence-electron chi connectivity index (χ1n) is 8.92. The number of ketones is 2. The second-order valence-electron chi connectivity index (χ2n) is 6.26. The summed E-state index contributed by atoms with van der Waals surface area (Å²) in [5.41, 5.74) is 3.35. The lowest BCUT2D eigenvalue weighted by atomic mass is 9.98. The fourth-order valence-corrected chi connectivity index (χ4v) is 2.67. The molecule has 0 unspecified atom stereocenters. The van der Waals surface area contributed by atoms with E-state index in [1.807, 2.05) is 24.3 Å². The second-order valence-corrected chi connectivity index (χ2v) is 6.26. The summed E-state index contributed by atoms with van der Waals surface area (Å²) >= 11 is 0. The van der Waals surface area contributed by atoms with Crippen molar-refractivity contribution in [2.45, 2.75) is 52.4 Å². The fraction of sp³-hybridized carbons (Fsp3) is 0.364. The lowest BCUT2D eigenvalue weighted by molar-refractivity contribution is 0.0817. The van der Waals surface area contributed by atoms with E-state index in [0.29, 0.717) is 11.1 Å². The van der Waals surface area contributed by atoms with E-state index in [0.717, 1.165) is 38.5 Å². The van der Waals surface area contributed by atoms with Crippen molar-refractivity contribution in [1.29, 1.82) is 0 Å². The van der Waals surface area contributed by atoms with Gasteiger partial charge in [-0.25, -0.2) is 0 Å². The van der Waals surface area contributed by atoms with Crippen molar-refractivity contribution >= 4 is 11.6 Å². The number of unbranched alkanes of at least 4 members (excludes halogenated alkanes) is 2. The molecular formula is C22H26O2. The third-order valence-corrected chi connectivity index (χ3v) is 4.28. The number of rotatable bonds is 9. The number of Topliss-reactive ketones (excluding diaryl/α,β-unsaturated/α-hetero) is 2. The lowest BCUT2D eigenvalue weighted by Crippen LogP contribution is -2.14. The number of carbonyl (C=O) groups excluding carboxylic acids is 2. The highest BCUT2D eigenvalue weighted by atomic mass is 16.2. The van der Waals surface area contributed by atoms with Crippen LogP contribution in [-0.2, 0) is 12.8 Å². The molecule has 0 aromatic heterocycles. The van der Waals surface area contributed by atoms with E-state index in [-0.39, 0.29) is 0 Å². The maximum absolute atomic E-state index is 12.4. The molecule has 0 N–H and O–H groups in total. The summed E-state index contributed by atoms with van der Waals surface area (Å²) in [6, 6.07) is 14.9. The first kappa shape index (κ1) is 18.1. The van der Waals surface area contributed by atoms with Crippen LogP contribution in [0.25, 0.3) is 0 Å². The van der Waals surface area contributed by atoms with Crippen LogP contribution < -0.4 is 0 Å². The third kappa shape index (κ3) is 4.89. The molecule has 126 valence electrons. The van der Waals surface area contributed by atoms with Crippen LogP contribution in [0.15, 0.2) is 48.5 Å². The van der Waals surface area contributed by atoms with E-state index in [9.17, 15) is 9.59 Å². The molecule has 0 aliphatic carbocycles. The van der Waals surface area contributed by atoms with Gasteiger partial charge in [0.05, 0.1) is 0 Å². The van der Waals surface area contributed by atoms with Crippen LogP contribution >= 0.6 is 0 Å². The van der Waals surface area contributed by atoms with Crippen LogP contribution in [0.1, 0.15) is 71.4 Å². The summed E-state index contributed by atoms with van der Waals surface area (Å²) in [5, 5.41) is 0. The molecule has 2 rings (SSSR count). The van der Waals surface area contributed by atoms with Gasteiger partial charge >= 0.3 is 0 Å². The summed E-state index contributed by atoms with van der Waals surface area (Å²) < 4.78 is 0. The maximum Gasteiger partial charge on any atom is 0.233 e. The maximum atomic E-state index is 12.4. The van der Waals surface area contributed by atoms with Crippen molar-refractivity contribution in [1.82, 2.24) is 0 Å².